The van der Waals surface area contributed by atoms with Crippen LogP contribution in [0.5, 0.6) is 0 Å². The van der Waals surface area contributed by atoms with E-state index in [1.807, 2.05) is 0 Å². The van der Waals surface area contributed by atoms with Crippen molar-refractivity contribution in [1.82, 2.24) is 0 Å². The second kappa shape index (κ2) is 4.52. The fraction of sp³-hybridized carbons (Fsp3) is 0.300. The number of nitrogen functional groups attached to an aromatic ring is 1. The van der Waals surface area contributed by atoms with Crippen molar-refractivity contribution in [3.8, 4) is 0 Å². The first-order valence-electron chi connectivity index (χ1n) is 4.59. The van der Waals surface area contributed by atoms with Crippen LogP contribution in [0.2, 0.25) is 0 Å². The van der Waals surface area contributed by atoms with Crippen LogP contribution in [0.15, 0.2) is 27.5 Å². The number of rotatable bonds is 2. The number of ether oxygens (including phenoxy) is 1. The molecule has 0 bridgehead atoms. The van der Waals surface area contributed by atoms with E-state index in [0.29, 0.717) is 5.56 Å². The van der Waals surface area contributed by atoms with E-state index < -0.39 is 10.0 Å². The SMILES string of the molecule is COC(C)=NS(=O)(=O)c1cccc(C)c1N. The van der Waals surface area contributed by atoms with Gasteiger partial charge in [-0.2, -0.15) is 8.42 Å². The molecule has 0 aliphatic carbocycles. The van der Waals surface area contributed by atoms with E-state index in [-0.39, 0.29) is 16.5 Å². The number of aryl methyl sites for hydroxylation is 1. The van der Waals surface area contributed by atoms with Crippen molar-refractivity contribution >= 4 is 21.6 Å². The number of hydrogen-bond donors (Lipinski definition) is 1. The molecule has 0 aliphatic rings. The van der Waals surface area contributed by atoms with E-state index in [2.05, 4.69) is 4.40 Å². The number of nitrogens with two attached hydrogens (primary N) is 1. The average Bonchev–Trinajstić information content (AvgIpc) is 2.21. The lowest BCUT2D eigenvalue weighted by atomic mass is 10.2. The zero-order valence-electron chi connectivity index (χ0n) is 9.39. The molecular formula is C10H14N2O3S. The predicted octanol–water partition coefficient (Wildman–Crippen LogP) is 1.33. The molecular weight excluding hydrogens is 228 g/mol. The number of nitrogens with zero attached hydrogens (tertiary/aromatic N) is 1. The van der Waals surface area contributed by atoms with Crippen LogP contribution in [0, 0.1) is 6.92 Å². The summed E-state index contributed by atoms with van der Waals surface area (Å²) in [6.07, 6.45) is 0. The van der Waals surface area contributed by atoms with Gasteiger partial charge in [0.05, 0.1) is 12.8 Å². The fourth-order valence-electron chi connectivity index (χ4n) is 1.13. The van der Waals surface area contributed by atoms with Gasteiger partial charge in [-0.15, -0.1) is 4.40 Å². The molecule has 0 saturated carbocycles. The van der Waals surface area contributed by atoms with Crippen LogP contribution in [-0.4, -0.2) is 21.4 Å². The third kappa shape index (κ3) is 2.52. The summed E-state index contributed by atoms with van der Waals surface area (Å²) in [5.74, 6) is 0.0703. The molecule has 0 radical (unpaired) electrons. The Kier molecular flexibility index (Phi) is 3.54. The van der Waals surface area contributed by atoms with Gasteiger partial charge in [-0.25, -0.2) is 0 Å². The van der Waals surface area contributed by atoms with Crippen molar-refractivity contribution in [3.63, 3.8) is 0 Å². The van der Waals surface area contributed by atoms with E-state index in [1.165, 1.54) is 20.1 Å². The second-order valence-electron chi connectivity index (χ2n) is 3.28. The summed E-state index contributed by atoms with van der Waals surface area (Å²) < 4.78 is 31.8. The molecule has 6 heteroatoms. The van der Waals surface area contributed by atoms with E-state index in [0.717, 1.165) is 0 Å². The smallest absolute Gasteiger partial charge is 0.287 e. The van der Waals surface area contributed by atoms with Gasteiger partial charge in [0.25, 0.3) is 10.0 Å². The first-order valence-corrected chi connectivity index (χ1v) is 6.03. The van der Waals surface area contributed by atoms with Crippen LogP contribution in [-0.2, 0) is 14.8 Å². The van der Waals surface area contributed by atoms with Crippen LogP contribution < -0.4 is 5.73 Å². The molecule has 0 unspecified atom stereocenters. The molecule has 5 nitrogen and oxygen atoms in total. The number of methoxy groups -OCH3 is 1. The van der Waals surface area contributed by atoms with Gasteiger partial charge in [0.2, 0.25) is 0 Å². The summed E-state index contributed by atoms with van der Waals surface area (Å²) >= 11 is 0. The van der Waals surface area contributed by atoms with Gasteiger partial charge in [0.15, 0.2) is 5.90 Å². The fourth-order valence-corrected chi connectivity index (χ4v) is 2.34. The van der Waals surface area contributed by atoms with E-state index >= 15 is 0 Å². The minimum absolute atomic E-state index is 0.00361. The largest absolute Gasteiger partial charge is 0.484 e. The van der Waals surface area contributed by atoms with E-state index in [1.54, 1.807) is 19.1 Å². The first kappa shape index (κ1) is 12.5. The summed E-state index contributed by atoms with van der Waals surface area (Å²) in [6, 6.07) is 4.78. The third-order valence-electron chi connectivity index (χ3n) is 2.11. The van der Waals surface area contributed by atoms with Crippen LogP contribution in [0.4, 0.5) is 5.69 Å². The molecule has 0 heterocycles. The highest BCUT2D eigenvalue weighted by molar-refractivity contribution is 7.90. The van der Waals surface area contributed by atoms with Crippen molar-refractivity contribution in [1.29, 1.82) is 0 Å². The highest BCUT2D eigenvalue weighted by Gasteiger charge is 2.17. The highest BCUT2D eigenvalue weighted by atomic mass is 32.2. The number of benzene rings is 1. The van der Waals surface area contributed by atoms with E-state index in [4.69, 9.17) is 10.5 Å². The standard InChI is InChI=1S/C10H14N2O3S/c1-7-5-4-6-9(10(7)11)16(13,14)12-8(2)15-3/h4-6H,11H2,1-3H3. The molecule has 1 rings (SSSR count). The molecule has 0 fully saturated rings. The van der Waals surface area contributed by atoms with Gasteiger partial charge in [0, 0.05) is 6.92 Å². The Hall–Kier alpha value is -1.56. The maximum Gasteiger partial charge on any atom is 0.287 e. The maximum absolute atomic E-state index is 11.8. The molecule has 1 aromatic carbocycles. The molecule has 16 heavy (non-hydrogen) atoms. The molecule has 0 aromatic heterocycles. The summed E-state index contributed by atoms with van der Waals surface area (Å²) in [5.41, 5.74) is 6.61. The Morgan fingerprint density at radius 1 is 1.44 bits per heavy atom. The van der Waals surface area contributed by atoms with Gasteiger partial charge in [0.1, 0.15) is 4.90 Å². The van der Waals surface area contributed by atoms with Crippen molar-refractivity contribution in [2.24, 2.45) is 4.40 Å². The molecule has 2 N–H and O–H groups in total. The molecule has 0 amide bonds. The van der Waals surface area contributed by atoms with Crippen molar-refractivity contribution in [2.75, 3.05) is 12.8 Å². The van der Waals surface area contributed by atoms with Gasteiger partial charge in [-0.1, -0.05) is 12.1 Å². The summed E-state index contributed by atoms with van der Waals surface area (Å²) in [4.78, 5) is 0.00361. The lowest BCUT2D eigenvalue weighted by Gasteiger charge is -2.06. The second-order valence-corrected chi connectivity index (χ2v) is 4.85. The minimum Gasteiger partial charge on any atom is -0.484 e. The van der Waals surface area contributed by atoms with Crippen LogP contribution in [0.25, 0.3) is 0 Å². The van der Waals surface area contributed by atoms with Crippen molar-refractivity contribution < 1.29 is 13.2 Å². The van der Waals surface area contributed by atoms with Crippen molar-refractivity contribution in [2.45, 2.75) is 18.7 Å². The summed E-state index contributed by atoms with van der Waals surface area (Å²) in [6.45, 7) is 3.20. The average molecular weight is 242 g/mol. The topological polar surface area (TPSA) is 81.8 Å². The maximum atomic E-state index is 11.8. The minimum atomic E-state index is -3.79. The third-order valence-corrected chi connectivity index (χ3v) is 3.52. The Morgan fingerprint density at radius 2 is 2.06 bits per heavy atom. The molecule has 88 valence electrons. The van der Waals surface area contributed by atoms with E-state index in [9.17, 15) is 8.42 Å². The molecule has 0 saturated heterocycles. The zero-order chi connectivity index (χ0) is 12.3. The Morgan fingerprint density at radius 3 is 2.62 bits per heavy atom. The first-order chi connectivity index (χ1) is 7.38. The molecule has 0 atom stereocenters. The van der Waals surface area contributed by atoms with Gasteiger partial charge < -0.3 is 10.5 Å². The quantitative estimate of drug-likeness (QED) is 0.482. The van der Waals surface area contributed by atoms with Gasteiger partial charge >= 0.3 is 0 Å². The lowest BCUT2D eigenvalue weighted by molar-refractivity contribution is 0.401. The molecule has 1 aromatic rings. The van der Waals surface area contributed by atoms with Crippen LogP contribution in [0.3, 0.4) is 0 Å². The lowest BCUT2D eigenvalue weighted by Crippen LogP contribution is -2.06. The number of para-hydroxylation sites is 1. The monoisotopic (exact) mass is 242 g/mol. The Labute approximate surface area is 95.0 Å². The molecule has 0 spiro atoms. The number of hydrogen-bond acceptors (Lipinski definition) is 4. The Bertz CT molecular complexity index is 521. The normalized spacial score (nSPS) is 12.6. The van der Waals surface area contributed by atoms with Crippen molar-refractivity contribution in [3.05, 3.63) is 23.8 Å². The highest BCUT2D eigenvalue weighted by Crippen LogP contribution is 2.23. The number of sulfonamides is 1. The predicted molar refractivity (Wildman–Crippen MR) is 62.9 cm³/mol. The van der Waals surface area contributed by atoms with Crippen LogP contribution >= 0.6 is 0 Å². The van der Waals surface area contributed by atoms with Gasteiger partial charge in [-0.05, 0) is 18.6 Å². The summed E-state index contributed by atoms with van der Waals surface area (Å²) in [5, 5.41) is 0. The van der Waals surface area contributed by atoms with Gasteiger partial charge in [-0.3, -0.25) is 0 Å². The summed E-state index contributed by atoms with van der Waals surface area (Å²) in [7, 11) is -2.43. The Balaban J connectivity index is 3.34. The van der Waals surface area contributed by atoms with Crippen LogP contribution in [0.1, 0.15) is 12.5 Å². The zero-order valence-corrected chi connectivity index (χ0v) is 10.2. The molecule has 0 aliphatic heterocycles. The number of anilines is 1.